The third-order valence-corrected chi connectivity index (χ3v) is 5.43. The van der Waals surface area contributed by atoms with Gasteiger partial charge in [0.1, 0.15) is 10.6 Å². The number of carbonyl (C=O) groups is 2. The monoisotopic (exact) mass is 365 g/mol. The van der Waals surface area contributed by atoms with Gasteiger partial charge < -0.3 is 15.0 Å². The zero-order valence-electron chi connectivity index (χ0n) is 14.1. The molecular formula is C16H19N3O5S. The summed E-state index contributed by atoms with van der Waals surface area (Å²) in [5, 5.41) is 11.5. The average Bonchev–Trinajstić information content (AvgIpc) is 2.95. The van der Waals surface area contributed by atoms with Crippen LogP contribution in [0.4, 0.5) is 0 Å². The van der Waals surface area contributed by atoms with Crippen LogP contribution in [0.5, 0.6) is 0 Å². The van der Waals surface area contributed by atoms with E-state index < -0.39 is 21.9 Å². The molecule has 0 radical (unpaired) electrons. The van der Waals surface area contributed by atoms with Crippen LogP contribution in [-0.2, 0) is 23.6 Å². The predicted molar refractivity (Wildman–Crippen MR) is 90.9 cm³/mol. The van der Waals surface area contributed by atoms with Gasteiger partial charge in [-0.1, -0.05) is 12.1 Å². The van der Waals surface area contributed by atoms with Crippen molar-refractivity contribution in [2.24, 2.45) is 7.05 Å². The van der Waals surface area contributed by atoms with Crippen LogP contribution < -0.4 is 5.32 Å². The lowest BCUT2D eigenvalue weighted by Crippen LogP contribution is -2.24. The van der Waals surface area contributed by atoms with Crippen LogP contribution in [0.15, 0.2) is 41.4 Å². The van der Waals surface area contributed by atoms with Gasteiger partial charge in [-0.3, -0.25) is 4.79 Å². The highest BCUT2D eigenvalue weighted by Crippen LogP contribution is 2.16. The number of benzene rings is 1. The molecule has 0 saturated heterocycles. The smallest absolute Gasteiger partial charge is 0.335 e. The number of carboxylic acids is 1. The number of nitrogens with zero attached hydrogens (tertiary/aromatic N) is 2. The number of rotatable bonds is 6. The van der Waals surface area contributed by atoms with Crippen LogP contribution in [0, 0.1) is 0 Å². The maximum absolute atomic E-state index is 12.3. The van der Waals surface area contributed by atoms with E-state index in [4.69, 9.17) is 5.11 Å². The molecule has 0 atom stereocenters. The first-order chi connectivity index (χ1) is 11.6. The second-order valence-corrected chi connectivity index (χ2v) is 7.80. The fraction of sp³-hybridized carbons (Fsp3) is 0.250. The highest BCUT2D eigenvalue weighted by molar-refractivity contribution is 7.89. The van der Waals surface area contributed by atoms with Crippen molar-refractivity contribution >= 4 is 21.9 Å². The van der Waals surface area contributed by atoms with Gasteiger partial charge in [0.15, 0.2) is 0 Å². The molecule has 1 aromatic carbocycles. The van der Waals surface area contributed by atoms with E-state index in [2.05, 4.69) is 5.32 Å². The van der Waals surface area contributed by atoms with E-state index in [1.54, 1.807) is 19.2 Å². The lowest BCUT2D eigenvalue weighted by molar-refractivity contribution is 0.0696. The van der Waals surface area contributed by atoms with Gasteiger partial charge in [-0.25, -0.2) is 17.5 Å². The largest absolute Gasteiger partial charge is 0.478 e. The van der Waals surface area contributed by atoms with Gasteiger partial charge in [0.05, 0.1) is 5.56 Å². The van der Waals surface area contributed by atoms with Gasteiger partial charge in [0.25, 0.3) is 5.91 Å². The Balaban J connectivity index is 2.11. The van der Waals surface area contributed by atoms with E-state index in [9.17, 15) is 18.0 Å². The van der Waals surface area contributed by atoms with Gasteiger partial charge in [-0.05, 0) is 23.8 Å². The van der Waals surface area contributed by atoms with E-state index in [0.717, 1.165) is 9.87 Å². The number of aryl methyl sites for hydroxylation is 1. The van der Waals surface area contributed by atoms with Crippen molar-refractivity contribution in [1.82, 2.24) is 14.2 Å². The molecule has 0 aliphatic heterocycles. The highest BCUT2D eigenvalue weighted by Gasteiger charge is 2.22. The van der Waals surface area contributed by atoms with Crippen LogP contribution in [0.2, 0.25) is 0 Å². The predicted octanol–water partition coefficient (Wildman–Crippen LogP) is 0.904. The molecule has 0 aliphatic rings. The Hall–Kier alpha value is -2.65. The summed E-state index contributed by atoms with van der Waals surface area (Å²) in [6, 6.07) is 7.44. The third-order valence-electron chi connectivity index (χ3n) is 3.65. The fourth-order valence-corrected chi connectivity index (χ4v) is 3.12. The van der Waals surface area contributed by atoms with Gasteiger partial charge in [-0.2, -0.15) is 0 Å². The van der Waals surface area contributed by atoms with E-state index in [0.29, 0.717) is 0 Å². The minimum atomic E-state index is -3.62. The summed E-state index contributed by atoms with van der Waals surface area (Å²) in [7, 11) is 0.812. The Kier molecular flexibility index (Phi) is 5.29. The molecule has 8 nitrogen and oxygen atoms in total. The Labute approximate surface area is 145 Å². The van der Waals surface area contributed by atoms with Gasteiger partial charge in [-0.15, -0.1) is 0 Å². The van der Waals surface area contributed by atoms with Crippen LogP contribution in [0.3, 0.4) is 0 Å². The third kappa shape index (κ3) is 4.06. The molecule has 9 heteroatoms. The normalized spacial score (nSPS) is 11.5. The van der Waals surface area contributed by atoms with Crippen molar-refractivity contribution in [1.29, 1.82) is 0 Å². The molecule has 0 fully saturated rings. The average molecular weight is 365 g/mol. The van der Waals surface area contributed by atoms with E-state index in [1.807, 2.05) is 0 Å². The highest BCUT2D eigenvalue weighted by atomic mass is 32.2. The quantitative estimate of drug-likeness (QED) is 0.791. The zero-order valence-corrected chi connectivity index (χ0v) is 14.9. The molecule has 0 spiro atoms. The molecular weight excluding hydrogens is 346 g/mol. The summed E-state index contributed by atoms with van der Waals surface area (Å²) in [5.41, 5.74) is 1.10. The summed E-state index contributed by atoms with van der Waals surface area (Å²) in [5.74, 6) is -1.45. The Morgan fingerprint density at radius 1 is 1.20 bits per heavy atom. The number of amides is 1. The molecule has 1 heterocycles. The first-order valence-corrected chi connectivity index (χ1v) is 8.76. The molecule has 2 rings (SSSR count). The SMILES string of the molecule is CN(C)S(=O)(=O)c1cc(C(=O)NCc2ccc(C(=O)O)cc2)n(C)c1. The van der Waals surface area contributed by atoms with Gasteiger partial charge in [0, 0.05) is 33.9 Å². The Morgan fingerprint density at radius 3 is 2.32 bits per heavy atom. The molecule has 2 aromatic rings. The fourth-order valence-electron chi connectivity index (χ4n) is 2.15. The maximum Gasteiger partial charge on any atom is 0.335 e. The minimum Gasteiger partial charge on any atom is -0.478 e. The van der Waals surface area contributed by atoms with Crippen molar-refractivity contribution in [3.05, 3.63) is 53.3 Å². The van der Waals surface area contributed by atoms with Crippen molar-refractivity contribution in [3.8, 4) is 0 Å². The summed E-state index contributed by atoms with van der Waals surface area (Å²) in [4.78, 5) is 23.1. The molecule has 0 aliphatic carbocycles. The van der Waals surface area contributed by atoms with Crippen LogP contribution in [0.1, 0.15) is 26.4 Å². The minimum absolute atomic E-state index is 0.0379. The van der Waals surface area contributed by atoms with E-state index in [1.165, 1.54) is 43.1 Å². The number of hydrogen-bond donors (Lipinski definition) is 2. The Morgan fingerprint density at radius 2 is 1.80 bits per heavy atom. The number of aromatic nitrogens is 1. The lowest BCUT2D eigenvalue weighted by Gasteiger charge is -2.08. The van der Waals surface area contributed by atoms with Crippen LogP contribution in [-0.4, -0.2) is 48.4 Å². The summed E-state index contributed by atoms with van der Waals surface area (Å²) in [6.45, 7) is 0.194. The standard InChI is InChI=1S/C16H19N3O5S/c1-18(2)25(23,24)13-8-14(19(3)10-13)15(20)17-9-11-4-6-12(7-5-11)16(21)22/h4-8,10H,9H2,1-3H3,(H,17,20)(H,21,22). The van der Waals surface area contributed by atoms with Gasteiger partial charge >= 0.3 is 5.97 Å². The van der Waals surface area contributed by atoms with Crippen LogP contribution >= 0.6 is 0 Å². The number of nitrogens with one attached hydrogen (secondary N) is 1. The molecule has 0 unspecified atom stereocenters. The number of carbonyl (C=O) groups excluding carboxylic acids is 1. The number of carboxylic acid groups (broad SMARTS) is 1. The zero-order chi connectivity index (χ0) is 18.8. The first kappa shape index (κ1) is 18.7. The van der Waals surface area contributed by atoms with Crippen molar-refractivity contribution in [3.63, 3.8) is 0 Å². The molecule has 134 valence electrons. The van der Waals surface area contributed by atoms with Gasteiger partial charge in [0.2, 0.25) is 10.0 Å². The number of hydrogen-bond acceptors (Lipinski definition) is 4. The molecule has 0 saturated carbocycles. The second kappa shape index (κ2) is 7.08. The van der Waals surface area contributed by atoms with Crippen LogP contribution in [0.25, 0.3) is 0 Å². The number of sulfonamides is 1. The molecule has 1 aromatic heterocycles. The van der Waals surface area contributed by atoms with E-state index >= 15 is 0 Å². The first-order valence-electron chi connectivity index (χ1n) is 7.32. The molecule has 25 heavy (non-hydrogen) atoms. The molecule has 1 amide bonds. The van der Waals surface area contributed by atoms with E-state index in [-0.39, 0.29) is 22.7 Å². The maximum atomic E-state index is 12.3. The lowest BCUT2D eigenvalue weighted by atomic mass is 10.1. The summed E-state index contributed by atoms with van der Waals surface area (Å²) in [6.07, 6.45) is 1.38. The summed E-state index contributed by atoms with van der Waals surface area (Å²) < 4.78 is 26.8. The van der Waals surface area contributed by atoms with Crippen molar-refractivity contribution in [2.75, 3.05) is 14.1 Å². The second-order valence-electron chi connectivity index (χ2n) is 5.64. The van der Waals surface area contributed by atoms with Crippen molar-refractivity contribution in [2.45, 2.75) is 11.4 Å². The molecule has 2 N–H and O–H groups in total. The Bertz CT molecular complexity index is 898. The molecule has 0 bridgehead atoms. The summed E-state index contributed by atoms with van der Waals surface area (Å²) >= 11 is 0. The number of aromatic carboxylic acids is 1. The topological polar surface area (TPSA) is 109 Å². The van der Waals surface area contributed by atoms with Crippen molar-refractivity contribution < 1.29 is 23.1 Å².